The van der Waals surface area contributed by atoms with Crippen LogP contribution >= 0.6 is 0 Å². The van der Waals surface area contributed by atoms with E-state index in [1.54, 1.807) is 0 Å². The van der Waals surface area contributed by atoms with Gasteiger partial charge in [-0.25, -0.2) is 0 Å². The first-order valence-electron chi connectivity index (χ1n) is 8.97. The number of hydrogen-bond donors (Lipinski definition) is 1. The van der Waals surface area contributed by atoms with Gasteiger partial charge < -0.3 is 10.1 Å². The summed E-state index contributed by atoms with van der Waals surface area (Å²) < 4.78 is 5.87. The zero-order valence-electron chi connectivity index (χ0n) is 14.9. The molecular formula is C18H36N2O. The smallest absolute Gasteiger partial charge is 0.0593 e. The summed E-state index contributed by atoms with van der Waals surface area (Å²) in [7, 11) is 0. The van der Waals surface area contributed by atoms with Crippen molar-refractivity contribution in [2.75, 3.05) is 32.8 Å². The van der Waals surface area contributed by atoms with Crippen LogP contribution in [0.2, 0.25) is 0 Å². The van der Waals surface area contributed by atoms with E-state index in [9.17, 15) is 0 Å². The third-order valence-corrected chi connectivity index (χ3v) is 5.74. The van der Waals surface area contributed by atoms with Crippen LogP contribution in [-0.2, 0) is 4.74 Å². The van der Waals surface area contributed by atoms with Gasteiger partial charge in [-0.1, -0.05) is 20.8 Å². The third-order valence-electron chi connectivity index (χ3n) is 5.74. The SMILES string of the molecule is CCC1(C)CNC(C)(C2CC2)CN1CCOCCC(C)C. The third kappa shape index (κ3) is 4.43. The molecule has 1 N–H and O–H groups in total. The van der Waals surface area contributed by atoms with Crippen LogP contribution in [0.15, 0.2) is 0 Å². The Morgan fingerprint density at radius 3 is 2.52 bits per heavy atom. The lowest BCUT2D eigenvalue weighted by molar-refractivity contribution is -0.0114. The molecule has 1 heterocycles. The number of ether oxygens (including phenoxy) is 1. The van der Waals surface area contributed by atoms with Crippen LogP contribution < -0.4 is 5.32 Å². The topological polar surface area (TPSA) is 24.5 Å². The van der Waals surface area contributed by atoms with Crippen molar-refractivity contribution in [3.63, 3.8) is 0 Å². The fraction of sp³-hybridized carbons (Fsp3) is 1.00. The summed E-state index contributed by atoms with van der Waals surface area (Å²) in [6.45, 7) is 16.8. The molecule has 2 aliphatic rings. The van der Waals surface area contributed by atoms with Gasteiger partial charge in [0, 0.05) is 37.3 Å². The predicted molar refractivity (Wildman–Crippen MR) is 89.7 cm³/mol. The molecule has 0 spiro atoms. The monoisotopic (exact) mass is 296 g/mol. The van der Waals surface area contributed by atoms with Gasteiger partial charge >= 0.3 is 0 Å². The molecule has 0 bridgehead atoms. The molecule has 1 aliphatic heterocycles. The highest BCUT2D eigenvalue weighted by atomic mass is 16.5. The Kier molecular flexibility index (Phi) is 5.72. The summed E-state index contributed by atoms with van der Waals surface area (Å²) in [5, 5.41) is 3.86. The Bertz CT molecular complexity index is 329. The van der Waals surface area contributed by atoms with Crippen LogP contribution in [-0.4, -0.2) is 48.8 Å². The Morgan fingerprint density at radius 1 is 1.24 bits per heavy atom. The van der Waals surface area contributed by atoms with E-state index in [4.69, 9.17) is 4.74 Å². The zero-order valence-corrected chi connectivity index (χ0v) is 14.9. The molecule has 2 rings (SSSR count). The van der Waals surface area contributed by atoms with Gasteiger partial charge in [0.1, 0.15) is 0 Å². The van der Waals surface area contributed by atoms with Gasteiger partial charge in [-0.15, -0.1) is 0 Å². The summed E-state index contributed by atoms with van der Waals surface area (Å²) in [4.78, 5) is 2.69. The minimum Gasteiger partial charge on any atom is -0.380 e. The van der Waals surface area contributed by atoms with Crippen LogP contribution in [0.4, 0.5) is 0 Å². The Hall–Kier alpha value is -0.120. The van der Waals surface area contributed by atoms with E-state index < -0.39 is 0 Å². The molecule has 0 aromatic rings. The Morgan fingerprint density at radius 2 is 1.95 bits per heavy atom. The van der Waals surface area contributed by atoms with E-state index in [0.717, 1.165) is 38.1 Å². The minimum atomic E-state index is 0.288. The maximum Gasteiger partial charge on any atom is 0.0593 e. The van der Waals surface area contributed by atoms with E-state index in [0.29, 0.717) is 5.54 Å². The molecule has 2 atom stereocenters. The van der Waals surface area contributed by atoms with Crippen molar-refractivity contribution in [1.82, 2.24) is 10.2 Å². The van der Waals surface area contributed by atoms with Crippen molar-refractivity contribution in [2.24, 2.45) is 11.8 Å². The summed E-state index contributed by atoms with van der Waals surface area (Å²) in [6.07, 6.45) is 5.19. The maximum atomic E-state index is 5.87. The lowest BCUT2D eigenvalue weighted by Crippen LogP contribution is -2.69. The van der Waals surface area contributed by atoms with Crippen molar-refractivity contribution < 1.29 is 4.74 Å². The first-order chi connectivity index (χ1) is 9.89. The second kappa shape index (κ2) is 6.97. The van der Waals surface area contributed by atoms with Crippen LogP contribution in [0.25, 0.3) is 0 Å². The molecule has 0 aromatic heterocycles. The van der Waals surface area contributed by atoms with Gasteiger partial charge in [-0.2, -0.15) is 0 Å². The van der Waals surface area contributed by atoms with Gasteiger partial charge in [0.05, 0.1) is 6.61 Å². The molecule has 3 heteroatoms. The first kappa shape index (κ1) is 17.2. The molecule has 2 unspecified atom stereocenters. The molecule has 1 saturated heterocycles. The molecule has 21 heavy (non-hydrogen) atoms. The van der Waals surface area contributed by atoms with Crippen molar-refractivity contribution in [2.45, 2.75) is 71.4 Å². The lowest BCUT2D eigenvalue weighted by atomic mass is 9.84. The summed E-state index contributed by atoms with van der Waals surface area (Å²) in [6, 6.07) is 0. The number of hydrogen-bond acceptors (Lipinski definition) is 3. The Labute approximate surface area is 131 Å². The number of piperazine rings is 1. The van der Waals surface area contributed by atoms with E-state index in [2.05, 4.69) is 44.8 Å². The van der Waals surface area contributed by atoms with E-state index in [1.807, 2.05) is 0 Å². The van der Waals surface area contributed by atoms with Gasteiger partial charge in [0.15, 0.2) is 0 Å². The van der Waals surface area contributed by atoms with Gasteiger partial charge in [-0.3, -0.25) is 4.90 Å². The van der Waals surface area contributed by atoms with Crippen LogP contribution in [0.3, 0.4) is 0 Å². The maximum absolute atomic E-state index is 5.87. The highest BCUT2D eigenvalue weighted by molar-refractivity contribution is 5.07. The predicted octanol–water partition coefficient (Wildman–Crippen LogP) is 3.29. The van der Waals surface area contributed by atoms with Crippen LogP contribution in [0.1, 0.15) is 60.3 Å². The molecule has 0 radical (unpaired) electrons. The molecule has 0 aromatic carbocycles. The highest BCUT2D eigenvalue weighted by Gasteiger charge is 2.48. The number of rotatable bonds is 8. The summed E-state index contributed by atoms with van der Waals surface area (Å²) >= 11 is 0. The van der Waals surface area contributed by atoms with Crippen molar-refractivity contribution in [3.8, 4) is 0 Å². The van der Waals surface area contributed by atoms with Gasteiger partial charge in [0.25, 0.3) is 0 Å². The molecule has 0 amide bonds. The summed E-state index contributed by atoms with van der Waals surface area (Å²) in [5.74, 6) is 1.63. The lowest BCUT2D eigenvalue weighted by Gasteiger charge is -2.52. The highest BCUT2D eigenvalue weighted by Crippen LogP contribution is 2.42. The summed E-state index contributed by atoms with van der Waals surface area (Å²) in [5.41, 5.74) is 0.614. The number of nitrogens with one attached hydrogen (secondary N) is 1. The van der Waals surface area contributed by atoms with E-state index in [-0.39, 0.29) is 5.54 Å². The molecule has 124 valence electrons. The van der Waals surface area contributed by atoms with Crippen molar-refractivity contribution >= 4 is 0 Å². The molecule has 1 aliphatic carbocycles. The van der Waals surface area contributed by atoms with Crippen molar-refractivity contribution in [1.29, 1.82) is 0 Å². The van der Waals surface area contributed by atoms with E-state index in [1.165, 1.54) is 32.2 Å². The Balaban J connectivity index is 1.83. The van der Waals surface area contributed by atoms with Gasteiger partial charge in [-0.05, 0) is 51.4 Å². The largest absolute Gasteiger partial charge is 0.380 e. The molecular weight excluding hydrogens is 260 g/mol. The fourth-order valence-corrected chi connectivity index (χ4v) is 3.43. The normalized spacial score (nSPS) is 34.6. The van der Waals surface area contributed by atoms with Crippen LogP contribution in [0, 0.1) is 11.8 Å². The zero-order chi connectivity index (χ0) is 15.5. The quantitative estimate of drug-likeness (QED) is 0.696. The minimum absolute atomic E-state index is 0.288. The average Bonchev–Trinajstić information content (AvgIpc) is 3.27. The van der Waals surface area contributed by atoms with Crippen LogP contribution in [0.5, 0.6) is 0 Å². The number of nitrogens with zero attached hydrogens (tertiary/aromatic N) is 1. The second-order valence-electron chi connectivity index (χ2n) is 8.11. The molecule has 2 fully saturated rings. The molecule has 1 saturated carbocycles. The second-order valence-corrected chi connectivity index (χ2v) is 8.11. The standard InChI is InChI=1S/C18H36N2O/c1-6-17(4)13-19-18(5,16-7-8-16)14-20(17)10-12-21-11-9-15(2)3/h15-16,19H,6-14H2,1-5H3. The van der Waals surface area contributed by atoms with Crippen molar-refractivity contribution in [3.05, 3.63) is 0 Å². The average molecular weight is 296 g/mol. The molecule has 3 nitrogen and oxygen atoms in total. The first-order valence-corrected chi connectivity index (χ1v) is 8.97. The fourth-order valence-electron chi connectivity index (χ4n) is 3.43. The van der Waals surface area contributed by atoms with E-state index >= 15 is 0 Å². The van der Waals surface area contributed by atoms with Gasteiger partial charge in [0.2, 0.25) is 0 Å².